The van der Waals surface area contributed by atoms with Gasteiger partial charge in [0, 0.05) is 31.9 Å². The zero-order valence-corrected chi connectivity index (χ0v) is 26.2. The summed E-state index contributed by atoms with van der Waals surface area (Å²) in [7, 11) is 1.33. The number of methoxy groups -OCH3 is 1. The summed E-state index contributed by atoms with van der Waals surface area (Å²) < 4.78 is 19.8. The van der Waals surface area contributed by atoms with Gasteiger partial charge in [-0.25, -0.2) is 4.39 Å². The fourth-order valence-corrected chi connectivity index (χ4v) is 5.90. The van der Waals surface area contributed by atoms with Gasteiger partial charge in [-0.2, -0.15) is 0 Å². The highest BCUT2D eigenvalue weighted by Crippen LogP contribution is 2.30. The van der Waals surface area contributed by atoms with Crippen molar-refractivity contribution in [2.75, 3.05) is 26.7 Å². The minimum absolute atomic E-state index is 0.0493. The van der Waals surface area contributed by atoms with E-state index in [1.807, 2.05) is 56.0 Å². The molecule has 2 heterocycles. The molecule has 1 aromatic heterocycles. The molecule has 43 heavy (non-hydrogen) atoms. The maximum Gasteiger partial charge on any atom is 0.307 e. The Morgan fingerprint density at radius 2 is 1.70 bits per heavy atom. The van der Waals surface area contributed by atoms with Crippen molar-refractivity contribution in [2.24, 2.45) is 5.92 Å². The molecule has 2 aromatic carbocycles. The van der Waals surface area contributed by atoms with E-state index in [1.54, 1.807) is 12.3 Å². The molecule has 1 aliphatic heterocycles. The quantitative estimate of drug-likeness (QED) is 0.277. The number of hydrogen-bond donors (Lipinski definition) is 1. The normalized spacial score (nSPS) is 15.2. The lowest BCUT2D eigenvalue weighted by Gasteiger charge is -2.34. The second kappa shape index (κ2) is 14.1. The molecule has 1 amide bonds. The summed E-state index contributed by atoms with van der Waals surface area (Å²) in [4.78, 5) is 41.8. The van der Waals surface area contributed by atoms with Crippen molar-refractivity contribution in [3.8, 4) is 11.1 Å². The third-order valence-electron chi connectivity index (χ3n) is 8.31. The summed E-state index contributed by atoms with van der Waals surface area (Å²) in [6.45, 7) is 11.6. The number of esters is 1. The molecular weight excluding hydrogens is 545 g/mol. The SMILES string of the molecule is COC(=O)C[C@H](NC(=O)C(CC(C)C)n1cc(CCN2CC(F)C2)c(C)cc1=O)c1cccc(-c2c(C)cccc2C)c1. The highest BCUT2D eigenvalue weighted by Gasteiger charge is 2.29. The summed E-state index contributed by atoms with van der Waals surface area (Å²) in [6, 6.07) is 14.2. The van der Waals surface area contributed by atoms with Crippen molar-refractivity contribution < 1.29 is 18.7 Å². The molecule has 4 rings (SSSR count). The lowest BCUT2D eigenvalue weighted by atomic mass is 9.92. The van der Waals surface area contributed by atoms with E-state index in [0.717, 1.165) is 38.9 Å². The van der Waals surface area contributed by atoms with Gasteiger partial charge in [-0.05, 0) is 84.5 Å². The summed E-state index contributed by atoms with van der Waals surface area (Å²) in [5, 5.41) is 3.10. The van der Waals surface area contributed by atoms with Crippen LogP contribution in [0.3, 0.4) is 0 Å². The van der Waals surface area contributed by atoms with Gasteiger partial charge < -0.3 is 14.6 Å². The number of nitrogens with one attached hydrogen (secondary N) is 1. The van der Waals surface area contributed by atoms with Gasteiger partial charge in [-0.15, -0.1) is 0 Å². The number of rotatable bonds is 12. The monoisotopic (exact) mass is 589 g/mol. The number of aryl methyl sites for hydroxylation is 3. The first-order valence-corrected chi connectivity index (χ1v) is 15.1. The van der Waals surface area contributed by atoms with Crippen molar-refractivity contribution in [1.82, 2.24) is 14.8 Å². The molecule has 1 aliphatic rings. The second-order valence-electron chi connectivity index (χ2n) is 12.2. The molecule has 3 aromatic rings. The minimum atomic E-state index is -0.770. The number of alkyl halides is 1. The molecule has 0 radical (unpaired) electrons. The lowest BCUT2D eigenvalue weighted by molar-refractivity contribution is -0.141. The number of carbonyl (C=O) groups is 2. The first kappa shape index (κ1) is 32.1. The predicted molar refractivity (Wildman–Crippen MR) is 168 cm³/mol. The van der Waals surface area contributed by atoms with Crippen molar-refractivity contribution in [3.63, 3.8) is 0 Å². The van der Waals surface area contributed by atoms with Crippen LogP contribution in [0.1, 0.15) is 66.6 Å². The van der Waals surface area contributed by atoms with Crippen LogP contribution >= 0.6 is 0 Å². The number of likely N-dealkylation sites (tertiary alicyclic amines) is 1. The molecule has 7 nitrogen and oxygen atoms in total. The van der Waals surface area contributed by atoms with Crippen molar-refractivity contribution >= 4 is 11.9 Å². The van der Waals surface area contributed by atoms with Crippen molar-refractivity contribution in [1.29, 1.82) is 0 Å². The van der Waals surface area contributed by atoms with Crippen LogP contribution in [0.2, 0.25) is 0 Å². The maximum absolute atomic E-state index is 14.0. The Bertz CT molecular complexity index is 1490. The molecule has 1 saturated heterocycles. The number of carbonyl (C=O) groups excluding carboxylic acids is 2. The molecule has 230 valence electrons. The van der Waals surface area contributed by atoms with E-state index in [2.05, 4.69) is 31.3 Å². The predicted octanol–water partition coefficient (Wildman–Crippen LogP) is 5.64. The Balaban J connectivity index is 1.65. The molecule has 8 heteroatoms. The van der Waals surface area contributed by atoms with Crippen LogP contribution in [0.5, 0.6) is 0 Å². The number of amides is 1. The molecule has 1 fully saturated rings. The molecule has 0 bridgehead atoms. The molecule has 1 unspecified atom stereocenters. The smallest absolute Gasteiger partial charge is 0.307 e. The zero-order chi connectivity index (χ0) is 31.3. The van der Waals surface area contributed by atoms with E-state index < -0.39 is 24.2 Å². The highest BCUT2D eigenvalue weighted by atomic mass is 19.1. The van der Waals surface area contributed by atoms with Gasteiger partial charge in [0.2, 0.25) is 5.91 Å². The lowest BCUT2D eigenvalue weighted by Crippen LogP contribution is -2.49. The first-order chi connectivity index (χ1) is 20.5. The Morgan fingerprint density at radius 3 is 2.33 bits per heavy atom. The summed E-state index contributed by atoms with van der Waals surface area (Å²) in [6.07, 6.45) is 2.07. The van der Waals surface area contributed by atoms with Gasteiger partial charge in [-0.3, -0.25) is 19.3 Å². The van der Waals surface area contributed by atoms with Gasteiger partial charge in [-0.1, -0.05) is 50.2 Å². The molecule has 0 saturated carbocycles. The average molecular weight is 590 g/mol. The summed E-state index contributed by atoms with van der Waals surface area (Å²) in [5.41, 5.74) is 6.72. The third kappa shape index (κ3) is 7.99. The Morgan fingerprint density at radius 1 is 1.02 bits per heavy atom. The fourth-order valence-electron chi connectivity index (χ4n) is 5.90. The summed E-state index contributed by atoms with van der Waals surface area (Å²) in [5.74, 6) is -0.652. The maximum atomic E-state index is 14.0. The number of ether oxygens (including phenoxy) is 1. The number of pyridine rings is 1. The van der Waals surface area contributed by atoms with Gasteiger partial charge in [0.05, 0.1) is 19.6 Å². The van der Waals surface area contributed by atoms with Crippen molar-refractivity contribution in [2.45, 2.75) is 72.1 Å². The topological polar surface area (TPSA) is 80.6 Å². The van der Waals surface area contributed by atoms with Crippen LogP contribution < -0.4 is 10.9 Å². The Kier molecular flexibility index (Phi) is 10.6. The van der Waals surface area contributed by atoms with E-state index in [0.29, 0.717) is 32.5 Å². The van der Waals surface area contributed by atoms with Crippen LogP contribution in [0.25, 0.3) is 11.1 Å². The molecular formula is C35H44FN3O4. The van der Waals surface area contributed by atoms with Crippen LogP contribution in [0, 0.1) is 26.7 Å². The average Bonchev–Trinajstić information content (AvgIpc) is 2.94. The number of halogens is 1. The van der Waals surface area contributed by atoms with E-state index in [-0.39, 0.29) is 23.8 Å². The molecule has 0 spiro atoms. The van der Waals surface area contributed by atoms with Gasteiger partial charge >= 0.3 is 5.97 Å². The molecule has 2 atom stereocenters. The van der Waals surface area contributed by atoms with E-state index in [1.165, 1.54) is 11.7 Å². The second-order valence-corrected chi connectivity index (χ2v) is 12.2. The van der Waals surface area contributed by atoms with Crippen molar-refractivity contribution in [3.05, 3.63) is 92.9 Å². The van der Waals surface area contributed by atoms with Crippen LogP contribution in [0.4, 0.5) is 4.39 Å². The van der Waals surface area contributed by atoms with E-state index >= 15 is 0 Å². The number of hydrogen-bond acceptors (Lipinski definition) is 5. The minimum Gasteiger partial charge on any atom is -0.469 e. The highest BCUT2D eigenvalue weighted by molar-refractivity contribution is 5.82. The van der Waals surface area contributed by atoms with Gasteiger partial charge in [0.25, 0.3) is 5.56 Å². The van der Waals surface area contributed by atoms with Crippen LogP contribution in [0.15, 0.2) is 59.5 Å². The van der Waals surface area contributed by atoms with Gasteiger partial charge in [0.15, 0.2) is 0 Å². The van der Waals surface area contributed by atoms with E-state index in [4.69, 9.17) is 4.74 Å². The standard InChI is InChI=1S/C35H44FN3O4/c1-22(2)15-31(39-19-28(25(5)16-32(39)40)13-14-38-20-29(36)21-38)35(42)37-30(18-33(41)43-6)26-11-8-12-27(17-26)34-23(3)9-7-10-24(34)4/h7-12,16-17,19,22,29-31H,13-15,18,20-21H2,1-6H3,(H,37,42)/t30-,31?/m0/s1. The largest absolute Gasteiger partial charge is 0.469 e. The van der Waals surface area contributed by atoms with Crippen LogP contribution in [-0.4, -0.2) is 54.3 Å². The Labute approximate surface area is 254 Å². The van der Waals surface area contributed by atoms with Gasteiger partial charge in [0.1, 0.15) is 12.2 Å². The third-order valence-corrected chi connectivity index (χ3v) is 8.31. The fraction of sp³-hybridized carbons (Fsp3) is 0.457. The van der Waals surface area contributed by atoms with E-state index in [9.17, 15) is 18.8 Å². The number of benzene rings is 2. The summed E-state index contributed by atoms with van der Waals surface area (Å²) >= 11 is 0. The number of aromatic nitrogens is 1. The molecule has 1 N–H and O–H groups in total. The Hall–Kier alpha value is -3.78. The van der Waals surface area contributed by atoms with Crippen LogP contribution in [-0.2, 0) is 20.7 Å². The zero-order valence-electron chi connectivity index (χ0n) is 26.2. The number of nitrogens with zero attached hydrogens (tertiary/aromatic N) is 2. The molecule has 0 aliphatic carbocycles. The first-order valence-electron chi connectivity index (χ1n) is 15.1.